The van der Waals surface area contributed by atoms with Gasteiger partial charge in [-0.2, -0.15) is 5.10 Å². The molecule has 21 heavy (non-hydrogen) atoms. The summed E-state index contributed by atoms with van der Waals surface area (Å²) in [6.07, 6.45) is 1.89. The predicted molar refractivity (Wildman–Crippen MR) is 86.1 cm³/mol. The van der Waals surface area contributed by atoms with Crippen LogP contribution in [0.1, 0.15) is 12.1 Å². The van der Waals surface area contributed by atoms with Crippen molar-refractivity contribution in [2.75, 3.05) is 11.1 Å². The average molecular weight is 348 g/mol. The van der Waals surface area contributed by atoms with Crippen molar-refractivity contribution in [2.45, 2.75) is 19.9 Å². The normalized spacial score (nSPS) is 10.7. The van der Waals surface area contributed by atoms with Crippen molar-refractivity contribution in [1.82, 2.24) is 9.78 Å². The minimum absolute atomic E-state index is 0.217. The summed E-state index contributed by atoms with van der Waals surface area (Å²) in [7, 11) is 0. The van der Waals surface area contributed by atoms with Crippen molar-refractivity contribution in [1.29, 1.82) is 0 Å². The topological polar surface area (TPSA) is 72.9 Å². The number of halogens is 3. The minimum atomic E-state index is -0.229. The highest BCUT2D eigenvalue weighted by Crippen LogP contribution is 2.32. The maximum atomic E-state index is 11.9. The van der Waals surface area contributed by atoms with Gasteiger partial charge in [-0.1, -0.05) is 34.8 Å². The summed E-state index contributed by atoms with van der Waals surface area (Å²) in [5, 5.41) is 8.00. The van der Waals surface area contributed by atoms with Gasteiger partial charge in [0.05, 0.1) is 26.4 Å². The van der Waals surface area contributed by atoms with Gasteiger partial charge in [0.25, 0.3) is 0 Å². The van der Waals surface area contributed by atoms with Gasteiger partial charge in [-0.3, -0.25) is 9.48 Å². The van der Waals surface area contributed by atoms with Gasteiger partial charge < -0.3 is 11.1 Å². The fourth-order valence-electron chi connectivity index (χ4n) is 1.74. The number of hydrogen-bond acceptors (Lipinski definition) is 3. The lowest BCUT2D eigenvalue weighted by Gasteiger charge is -2.10. The van der Waals surface area contributed by atoms with E-state index in [0.717, 1.165) is 5.69 Å². The van der Waals surface area contributed by atoms with Crippen LogP contribution in [0.3, 0.4) is 0 Å². The summed E-state index contributed by atoms with van der Waals surface area (Å²) < 4.78 is 1.61. The zero-order valence-corrected chi connectivity index (χ0v) is 13.4. The average Bonchev–Trinajstić information content (AvgIpc) is 2.71. The molecular formula is C13H13Cl3N4O. The molecule has 0 bridgehead atoms. The van der Waals surface area contributed by atoms with Crippen LogP contribution in [-0.4, -0.2) is 15.7 Å². The largest absolute Gasteiger partial charge is 0.399 e. The van der Waals surface area contributed by atoms with E-state index >= 15 is 0 Å². The van der Waals surface area contributed by atoms with Crippen LogP contribution in [0.2, 0.25) is 15.1 Å². The second-order valence-corrected chi connectivity index (χ2v) is 5.70. The lowest BCUT2D eigenvalue weighted by molar-refractivity contribution is -0.116. The van der Waals surface area contributed by atoms with Crippen LogP contribution in [0.4, 0.5) is 11.4 Å². The molecule has 0 fully saturated rings. The van der Waals surface area contributed by atoms with E-state index in [-0.39, 0.29) is 12.3 Å². The molecule has 0 aliphatic carbocycles. The molecule has 5 nitrogen and oxygen atoms in total. The number of carbonyl (C=O) groups excluding carboxylic acids is 1. The third-order valence-electron chi connectivity index (χ3n) is 2.78. The van der Waals surface area contributed by atoms with Gasteiger partial charge in [-0.15, -0.1) is 0 Å². The molecule has 0 saturated carbocycles. The number of nitrogens with zero attached hydrogens (tertiary/aromatic N) is 2. The molecule has 0 radical (unpaired) electrons. The predicted octanol–water partition coefficient (Wildman–Crippen LogP) is 3.76. The smallest absolute Gasteiger partial charge is 0.226 e. The van der Waals surface area contributed by atoms with E-state index < -0.39 is 0 Å². The molecular weight excluding hydrogens is 335 g/mol. The number of nitrogens with two attached hydrogens (primary N) is 1. The molecule has 1 heterocycles. The second-order valence-electron chi connectivity index (χ2n) is 4.48. The number of nitrogens with one attached hydrogen (secondary N) is 1. The Labute approximate surface area is 137 Å². The van der Waals surface area contributed by atoms with Crippen molar-refractivity contribution < 1.29 is 4.79 Å². The van der Waals surface area contributed by atoms with Crippen molar-refractivity contribution in [3.05, 3.63) is 39.1 Å². The molecule has 2 aromatic rings. The number of benzene rings is 1. The maximum absolute atomic E-state index is 11.9. The summed E-state index contributed by atoms with van der Waals surface area (Å²) in [6, 6.07) is 3.05. The maximum Gasteiger partial charge on any atom is 0.226 e. The first-order valence-electron chi connectivity index (χ1n) is 6.10. The van der Waals surface area contributed by atoms with E-state index in [4.69, 9.17) is 40.5 Å². The van der Waals surface area contributed by atoms with E-state index in [1.54, 1.807) is 17.8 Å². The van der Waals surface area contributed by atoms with Crippen LogP contribution in [0.15, 0.2) is 18.3 Å². The summed E-state index contributed by atoms with van der Waals surface area (Å²) >= 11 is 17.9. The number of amides is 1. The monoisotopic (exact) mass is 346 g/mol. The first kappa shape index (κ1) is 15.9. The Morgan fingerprint density at radius 2 is 1.90 bits per heavy atom. The van der Waals surface area contributed by atoms with Crippen LogP contribution in [-0.2, 0) is 11.3 Å². The number of aromatic nitrogens is 2. The summed E-state index contributed by atoms with van der Waals surface area (Å²) in [4.78, 5) is 11.9. The summed E-state index contributed by atoms with van der Waals surface area (Å²) in [5.41, 5.74) is 7.12. The Hall–Kier alpha value is -1.43. The molecule has 0 atom stereocenters. The van der Waals surface area contributed by atoms with Gasteiger partial charge in [0, 0.05) is 24.8 Å². The van der Waals surface area contributed by atoms with E-state index in [9.17, 15) is 4.79 Å². The quantitative estimate of drug-likeness (QED) is 0.827. The number of nitrogen functional groups attached to an aromatic ring is 1. The third kappa shape index (κ3) is 4.03. The molecule has 0 aliphatic rings. The van der Waals surface area contributed by atoms with Gasteiger partial charge >= 0.3 is 0 Å². The van der Waals surface area contributed by atoms with E-state index in [2.05, 4.69) is 10.4 Å². The van der Waals surface area contributed by atoms with Crippen LogP contribution in [0.25, 0.3) is 0 Å². The Morgan fingerprint density at radius 1 is 1.29 bits per heavy atom. The third-order valence-corrected chi connectivity index (χ3v) is 3.75. The summed E-state index contributed by atoms with van der Waals surface area (Å²) in [6.45, 7) is 2.20. The minimum Gasteiger partial charge on any atom is -0.399 e. The van der Waals surface area contributed by atoms with Crippen LogP contribution in [0.5, 0.6) is 0 Å². The lowest BCUT2D eigenvalue weighted by Crippen LogP contribution is -2.15. The van der Waals surface area contributed by atoms with Crippen LogP contribution in [0, 0.1) is 6.92 Å². The van der Waals surface area contributed by atoms with Crippen molar-refractivity contribution in [3.63, 3.8) is 0 Å². The lowest BCUT2D eigenvalue weighted by atomic mass is 10.2. The molecule has 1 aromatic heterocycles. The second kappa shape index (κ2) is 6.56. The SMILES string of the molecule is Cc1nn(CCC(=O)Nc2c(Cl)cc(N)cc2Cl)cc1Cl. The van der Waals surface area contributed by atoms with Crippen molar-refractivity contribution in [2.24, 2.45) is 0 Å². The highest BCUT2D eigenvalue weighted by atomic mass is 35.5. The molecule has 8 heteroatoms. The molecule has 0 unspecified atom stereocenters. The van der Waals surface area contributed by atoms with Gasteiger partial charge in [0.15, 0.2) is 0 Å². The van der Waals surface area contributed by atoms with Crippen molar-refractivity contribution in [3.8, 4) is 0 Å². The Bertz CT molecular complexity index is 642. The number of hydrogen-bond donors (Lipinski definition) is 2. The van der Waals surface area contributed by atoms with E-state index in [1.807, 2.05) is 0 Å². The number of anilines is 2. The molecule has 0 aliphatic heterocycles. The zero-order valence-electron chi connectivity index (χ0n) is 11.2. The molecule has 1 aromatic carbocycles. The fraction of sp³-hybridized carbons (Fsp3) is 0.231. The first-order valence-corrected chi connectivity index (χ1v) is 7.24. The summed E-state index contributed by atoms with van der Waals surface area (Å²) in [5.74, 6) is -0.229. The molecule has 112 valence electrons. The van der Waals surface area contributed by atoms with E-state index in [0.29, 0.717) is 33.0 Å². The highest BCUT2D eigenvalue weighted by Gasteiger charge is 2.11. The first-order chi connectivity index (χ1) is 9.86. The van der Waals surface area contributed by atoms with E-state index in [1.165, 1.54) is 12.1 Å². The van der Waals surface area contributed by atoms with Gasteiger partial charge in [0.2, 0.25) is 5.91 Å². The Balaban J connectivity index is 1.99. The highest BCUT2D eigenvalue weighted by molar-refractivity contribution is 6.40. The number of aryl methyl sites for hydroxylation is 2. The molecule has 3 N–H and O–H groups in total. The van der Waals surface area contributed by atoms with Crippen molar-refractivity contribution >= 4 is 52.1 Å². The van der Waals surface area contributed by atoms with Crippen LogP contribution < -0.4 is 11.1 Å². The van der Waals surface area contributed by atoms with Gasteiger partial charge in [-0.25, -0.2) is 0 Å². The fourth-order valence-corrected chi connectivity index (χ4v) is 2.49. The Morgan fingerprint density at radius 3 is 2.43 bits per heavy atom. The number of carbonyl (C=O) groups is 1. The van der Waals surface area contributed by atoms with Gasteiger partial charge in [0.1, 0.15) is 0 Å². The molecule has 0 saturated heterocycles. The molecule has 0 spiro atoms. The van der Waals surface area contributed by atoms with Gasteiger partial charge in [-0.05, 0) is 19.1 Å². The zero-order chi connectivity index (χ0) is 15.6. The standard InChI is InChI=1S/C13H13Cl3N4O/c1-7-11(16)6-20(19-7)3-2-12(21)18-13-9(14)4-8(17)5-10(13)15/h4-6H,2-3,17H2,1H3,(H,18,21). The molecule has 2 rings (SSSR count). The Kier molecular flexibility index (Phi) is 4.98. The molecule has 1 amide bonds. The number of rotatable bonds is 4. The van der Waals surface area contributed by atoms with Crippen LogP contribution >= 0.6 is 34.8 Å².